The largest absolute Gasteiger partial charge is 0.350 e. The van der Waals surface area contributed by atoms with Crippen LogP contribution in [0.4, 0.5) is 0 Å². The van der Waals surface area contributed by atoms with Gasteiger partial charge in [-0.05, 0) is 38.5 Å². The Kier molecular flexibility index (Phi) is 5.57. The molecule has 19 heavy (non-hydrogen) atoms. The number of nitrogens with zero attached hydrogens (tertiary/aromatic N) is 1. The molecule has 1 N–H and O–H groups in total. The van der Waals surface area contributed by atoms with Crippen molar-refractivity contribution in [3.63, 3.8) is 0 Å². The molecule has 2 atom stereocenters. The minimum absolute atomic E-state index is 0.0706. The zero-order valence-corrected chi connectivity index (χ0v) is 14.2. The van der Waals surface area contributed by atoms with Gasteiger partial charge in [0.15, 0.2) is 0 Å². The third kappa shape index (κ3) is 4.96. The summed E-state index contributed by atoms with van der Waals surface area (Å²) in [7, 11) is 0. The average Bonchev–Trinajstić information content (AvgIpc) is 2.35. The summed E-state index contributed by atoms with van der Waals surface area (Å²) in [4.78, 5) is 11.5. The highest BCUT2D eigenvalue weighted by molar-refractivity contribution is 9.12. The van der Waals surface area contributed by atoms with E-state index in [0.29, 0.717) is 5.56 Å². The van der Waals surface area contributed by atoms with E-state index in [-0.39, 0.29) is 21.1 Å². The van der Waals surface area contributed by atoms with Gasteiger partial charge in [0.1, 0.15) is 4.83 Å². The Morgan fingerprint density at radius 1 is 1.26 bits per heavy atom. The molecule has 0 aromatic heterocycles. The summed E-state index contributed by atoms with van der Waals surface area (Å²) in [5.74, 6) is -0.0706. The number of nitrogens with one attached hydrogen (secondary N) is 1. The van der Waals surface area contributed by atoms with Gasteiger partial charge in [0, 0.05) is 5.54 Å². The number of hydrogen-bond donors (Lipinski definition) is 1. The van der Waals surface area contributed by atoms with Gasteiger partial charge in [-0.3, -0.25) is 4.79 Å². The van der Waals surface area contributed by atoms with Gasteiger partial charge in [-0.25, -0.2) is 0 Å². The first-order valence-electron chi connectivity index (χ1n) is 5.85. The number of amides is 1. The van der Waals surface area contributed by atoms with Crippen LogP contribution in [0, 0.1) is 11.3 Å². The Balaban J connectivity index is 2.78. The van der Waals surface area contributed by atoms with Crippen LogP contribution in [0.5, 0.6) is 0 Å². The molecule has 0 saturated heterocycles. The number of nitriles is 1. The van der Waals surface area contributed by atoms with E-state index in [2.05, 4.69) is 43.2 Å². The fourth-order valence-corrected chi connectivity index (χ4v) is 2.45. The number of hydrogen-bond acceptors (Lipinski definition) is 2. The number of alkyl halides is 2. The van der Waals surface area contributed by atoms with E-state index in [9.17, 15) is 4.79 Å². The van der Waals surface area contributed by atoms with E-state index in [1.807, 2.05) is 32.9 Å². The molecule has 0 saturated carbocycles. The van der Waals surface area contributed by atoms with Crippen LogP contribution in [0.1, 0.15) is 36.7 Å². The number of rotatable bonds is 3. The van der Waals surface area contributed by atoms with Gasteiger partial charge in [0.2, 0.25) is 5.91 Å². The van der Waals surface area contributed by atoms with E-state index in [4.69, 9.17) is 5.26 Å². The highest BCUT2D eigenvalue weighted by Gasteiger charge is 2.27. The van der Waals surface area contributed by atoms with Crippen LogP contribution in [0.2, 0.25) is 0 Å². The van der Waals surface area contributed by atoms with Crippen molar-refractivity contribution in [2.75, 3.05) is 0 Å². The number of carbonyl (C=O) groups excluding carboxylic acids is 1. The maximum Gasteiger partial charge on any atom is 0.235 e. The lowest BCUT2D eigenvalue weighted by molar-refractivity contribution is -0.121. The van der Waals surface area contributed by atoms with Gasteiger partial charge in [-0.1, -0.05) is 44.0 Å². The van der Waals surface area contributed by atoms with E-state index in [0.717, 1.165) is 5.56 Å². The first-order valence-corrected chi connectivity index (χ1v) is 7.68. The van der Waals surface area contributed by atoms with Crippen molar-refractivity contribution in [3.05, 3.63) is 35.4 Å². The number of halogens is 2. The minimum atomic E-state index is -0.375. The van der Waals surface area contributed by atoms with E-state index in [1.165, 1.54) is 0 Å². The molecule has 0 fully saturated rings. The molecule has 5 heteroatoms. The number of benzene rings is 1. The molecule has 3 nitrogen and oxygen atoms in total. The molecule has 0 heterocycles. The topological polar surface area (TPSA) is 52.9 Å². The fraction of sp³-hybridized carbons (Fsp3) is 0.429. The second-order valence-electron chi connectivity index (χ2n) is 5.28. The number of carbonyl (C=O) groups is 1. The van der Waals surface area contributed by atoms with Crippen LogP contribution in [0.25, 0.3) is 0 Å². The Hall–Kier alpha value is -0.860. The zero-order chi connectivity index (χ0) is 14.6. The van der Waals surface area contributed by atoms with Gasteiger partial charge in [0.05, 0.1) is 16.5 Å². The lowest BCUT2D eigenvalue weighted by Crippen LogP contribution is -2.45. The standard InChI is InChI=1S/C14H16Br2N2O/c1-14(2,3)18-13(19)12(16)11(15)10-6-4-9(8-17)5-7-10/h4-7,11-12H,1-3H3,(H,18,19)/t11-,12+/m1/s1. The summed E-state index contributed by atoms with van der Waals surface area (Å²) in [6.07, 6.45) is 0. The summed E-state index contributed by atoms with van der Waals surface area (Å²) in [5, 5.41) is 11.7. The van der Waals surface area contributed by atoms with E-state index >= 15 is 0 Å². The van der Waals surface area contributed by atoms with Gasteiger partial charge >= 0.3 is 0 Å². The lowest BCUT2D eigenvalue weighted by Gasteiger charge is -2.24. The summed E-state index contributed by atoms with van der Waals surface area (Å²) in [6, 6.07) is 9.24. The Labute approximate surface area is 130 Å². The molecule has 0 aliphatic carbocycles. The third-order valence-corrected chi connectivity index (χ3v) is 5.08. The molecule has 0 spiro atoms. The van der Waals surface area contributed by atoms with Crippen LogP contribution in [-0.2, 0) is 4.79 Å². The lowest BCUT2D eigenvalue weighted by atomic mass is 10.1. The van der Waals surface area contributed by atoms with Crippen LogP contribution in [0.3, 0.4) is 0 Å². The highest BCUT2D eigenvalue weighted by Crippen LogP contribution is 2.31. The SMILES string of the molecule is CC(C)(C)NC(=O)[C@@H](Br)[C@H](Br)c1ccc(C#N)cc1. The first-order chi connectivity index (χ1) is 8.74. The van der Waals surface area contributed by atoms with Crippen LogP contribution < -0.4 is 5.32 Å². The van der Waals surface area contributed by atoms with Crippen molar-refractivity contribution in [1.29, 1.82) is 5.26 Å². The van der Waals surface area contributed by atoms with Crippen molar-refractivity contribution >= 4 is 37.8 Å². The van der Waals surface area contributed by atoms with Crippen LogP contribution in [-0.4, -0.2) is 16.3 Å². The van der Waals surface area contributed by atoms with Crippen molar-refractivity contribution in [3.8, 4) is 6.07 Å². The normalized spacial score (nSPS) is 14.3. The predicted octanol–water partition coefficient (Wildman–Crippen LogP) is 3.67. The van der Waals surface area contributed by atoms with Crippen molar-refractivity contribution < 1.29 is 4.79 Å². The first kappa shape index (κ1) is 16.2. The molecule has 0 aliphatic heterocycles. The summed E-state index contributed by atoms with van der Waals surface area (Å²) in [6.45, 7) is 5.82. The van der Waals surface area contributed by atoms with Crippen LogP contribution >= 0.6 is 31.9 Å². The Morgan fingerprint density at radius 2 is 1.79 bits per heavy atom. The summed E-state index contributed by atoms with van der Waals surface area (Å²) < 4.78 is 0. The molecule has 0 radical (unpaired) electrons. The van der Waals surface area contributed by atoms with Gasteiger partial charge in [-0.15, -0.1) is 0 Å². The van der Waals surface area contributed by atoms with Crippen molar-refractivity contribution in [2.24, 2.45) is 0 Å². The van der Waals surface area contributed by atoms with Crippen molar-refractivity contribution in [2.45, 2.75) is 36.0 Å². The van der Waals surface area contributed by atoms with E-state index < -0.39 is 0 Å². The molecule has 1 amide bonds. The maximum atomic E-state index is 12.1. The second kappa shape index (κ2) is 6.53. The zero-order valence-electron chi connectivity index (χ0n) is 11.1. The van der Waals surface area contributed by atoms with E-state index in [1.54, 1.807) is 12.1 Å². The van der Waals surface area contributed by atoms with Gasteiger partial charge in [-0.2, -0.15) is 5.26 Å². The smallest absolute Gasteiger partial charge is 0.235 e. The second-order valence-corrected chi connectivity index (χ2v) is 7.25. The molecule has 1 aromatic carbocycles. The maximum absolute atomic E-state index is 12.1. The molecule has 0 aliphatic rings. The predicted molar refractivity (Wildman–Crippen MR) is 83.4 cm³/mol. The molecule has 0 bridgehead atoms. The minimum Gasteiger partial charge on any atom is -0.350 e. The highest BCUT2D eigenvalue weighted by atomic mass is 79.9. The fourth-order valence-electron chi connectivity index (χ4n) is 1.48. The molecular weight excluding hydrogens is 372 g/mol. The van der Waals surface area contributed by atoms with Crippen LogP contribution in [0.15, 0.2) is 24.3 Å². The summed E-state index contributed by atoms with van der Waals surface area (Å²) in [5.41, 5.74) is 1.29. The van der Waals surface area contributed by atoms with Crippen molar-refractivity contribution in [1.82, 2.24) is 5.32 Å². The third-order valence-electron chi connectivity index (χ3n) is 2.36. The molecule has 102 valence electrons. The van der Waals surface area contributed by atoms with Gasteiger partial charge in [0.25, 0.3) is 0 Å². The Bertz CT molecular complexity index is 486. The molecular formula is C14H16Br2N2O. The monoisotopic (exact) mass is 386 g/mol. The molecule has 0 unspecified atom stereocenters. The molecule has 1 aromatic rings. The van der Waals surface area contributed by atoms with Gasteiger partial charge < -0.3 is 5.32 Å². The Morgan fingerprint density at radius 3 is 2.21 bits per heavy atom. The average molecular weight is 388 g/mol. The summed E-state index contributed by atoms with van der Waals surface area (Å²) >= 11 is 6.93. The molecule has 1 rings (SSSR count). The quantitative estimate of drug-likeness (QED) is 0.804.